The number of H-pyrrole nitrogens is 1. The summed E-state index contributed by atoms with van der Waals surface area (Å²) in [6, 6.07) is 17.7. The molecule has 0 aliphatic heterocycles. The average Bonchev–Trinajstić information content (AvgIpc) is 3.10. The topological polar surface area (TPSA) is 92.2 Å². The fraction of sp³-hybridized carbons (Fsp3) is 0.136. The Labute approximate surface area is 179 Å². The second-order valence-electron chi connectivity index (χ2n) is 6.27. The molecule has 0 atom stereocenters. The molecule has 1 aromatic heterocycles. The third-order valence-electron chi connectivity index (χ3n) is 4.56. The summed E-state index contributed by atoms with van der Waals surface area (Å²) in [5, 5.41) is 7.17. The lowest BCUT2D eigenvalue weighted by Crippen LogP contribution is -2.00. The van der Waals surface area contributed by atoms with Crippen LogP contribution >= 0.6 is 23.2 Å². The summed E-state index contributed by atoms with van der Waals surface area (Å²) < 4.78 is 0. The summed E-state index contributed by atoms with van der Waals surface area (Å²) >= 11 is 12.2. The molecule has 0 radical (unpaired) electrons. The highest BCUT2D eigenvalue weighted by Gasteiger charge is 2.13. The Balaban J connectivity index is 0.00000117. The van der Waals surface area contributed by atoms with Crippen molar-refractivity contribution < 1.29 is 0 Å². The number of rotatable bonds is 5. The summed E-state index contributed by atoms with van der Waals surface area (Å²) in [4.78, 5) is 7.71. The fourth-order valence-electron chi connectivity index (χ4n) is 3.31. The van der Waals surface area contributed by atoms with Crippen molar-refractivity contribution in [1.29, 1.82) is 0 Å². The third kappa shape index (κ3) is 4.65. The second-order valence-corrected chi connectivity index (χ2v) is 7.14. The molecule has 0 saturated carbocycles. The molecule has 0 aliphatic carbocycles. The molecule has 0 amide bonds. The molecule has 0 saturated heterocycles. The first-order chi connectivity index (χ1) is 14.2. The minimum atomic E-state index is 0.612. The van der Waals surface area contributed by atoms with Crippen LogP contribution in [0.15, 0.2) is 59.6 Å². The summed E-state index contributed by atoms with van der Waals surface area (Å²) in [6.07, 6.45) is 2.10. The number of aliphatic imine (C=N–C) groups is 1. The van der Waals surface area contributed by atoms with Gasteiger partial charge in [0, 0.05) is 49.8 Å². The molecule has 0 bridgehead atoms. The molecule has 0 fully saturated rings. The van der Waals surface area contributed by atoms with E-state index in [2.05, 4.69) is 33.2 Å². The maximum atomic E-state index is 6.20. The van der Waals surface area contributed by atoms with Crippen molar-refractivity contribution in [3.05, 3.63) is 70.2 Å². The Kier molecular flexibility index (Phi) is 6.99. The molecule has 6 N–H and O–H groups in total. The number of hydrogen-bond acceptors (Lipinski definition) is 3. The van der Waals surface area contributed by atoms with E-state index in [1.54, 1.807) is 0 Å². The van der Waals surface area contributed by atoms with E-state index in [1.165, 1.54) is 13.4 Å². The molecule has 4 aromatic rings. The lowest BCUT2D eigenvalue weighted by atomic mass is 10.0. The number of hydrogen-bond donors (Lipinski definition) is 4. The Hall–Kier alpha value is -2.73. The number of aromatic nitrogens is 1. The molecule has 7 heteroatoms. The second kappa shape index (κ2) is 9.65. The van der Waals surface area contributed by atoms with E-state index >= 15 is 0 Å². The first-order valence-corrected chi connectivity index (χ1v) is 9.94. The van der Waals surface area contributed by atoms with Crippen LogP contribution in [-0.2, 0) is 6.42 Å². The predicted octanol–water partition coefficient (Wildman–Crippen LogP) is 5.48. The normalized spacial score (nSPS) is 11.0. The Morgan fingerprint density at radius 2 is 1.69 bits per heavy atom. The third-order valence-corrected chi connectivity index (χ3v) is 5.05. The SMILES string of the molecule is CN.NC=NCCc1c(Nc2ccc(Cl)cc2)ccc2c1[nH]c1ccc(Cl)cc12. The van der Waals surface area contributed by atoms with Crippen molar-refractivity contribution in [3.8, 4) is 0 Å². The van der Waals surface area contributed by atoms with Gasteiger partial charge in [0.25, 0.3) is 0 Å². The quantitative estimate of drug-likeness (QED) is 0.251. The van der Waals surface area contributed by atoms with E-state index in [0.717, 1.165) is 50.2 Å². The van der Waals surface area contributed by atoms with Crippen LogP contribution in [0.4, 0.5) is 11.4 Å². The number of benzene rings is 3. The summed E-state index contributed by atoms with van der Waals surface area (Å²) in [7, 11) is 1.50. The van der Waals surface area contributed by atoms with Crippen molar-refractivity contribution in [2.45, 2.75) is 6.42 Å². The largest absolute Gasteiger partial charge is 0.390 e. The van der Waals surface area contributed by atoms with E-state index in [9.17, 15) is 0 Å². The van der Waals surface area contributed by atoms with Crippen LogP contribution in [0.2, 0.25) is 10.0 Å². The maximum Gasteiger partial charge on any atom is 0.0797 e. The molecule has 0 aliphatic rings. The van der Waals surface area contributed by atoms with Crippen LogP contribution in [-0.4, -0.2) is 24.9 Å². The van der Waals surface area contributed by atoms with Crippen molar-refractivity contribution in [2.75, 3.05) is 18.9 Å². The van der Waals surface area contributed by atoms with E-state index in [-0.39, 0.29) is 0 Å². The van der Waals surface area contributed by atoms with Gasteiger partial charge >= 0.3 is 0 Å². The highest BCUT2D eigenvalue weighted by molar-refractivity contribution is 6.32. The number of nitrogens with one attached hydrogen (secondary N) is 2. The Morgan fingerprint density at radius 1 is 0.966 bits per heavy atom. The zero-order valence-electron chi connectivity index (χ0n) is 16.0. The highest BCUT2D eigenvalue weighted by atomic mass is 35.5. The number of nitrogens with zero attached hydrogens (tertiary/aromatic N) is 1. The molecule has 3 aromatic carbocycles. The first-order valence-electron chi connectivity index (χ1n) is 9.19. The van der Waals surface area contributed by atoms with E-state index in [4.69, 9.17) is 28.9 Å². The maximum absolute atomic E-state index is 6.20. The average molecular weight is 428 g/mol. The van der Waals surface area contributed by atoms with Gasteiger partial charge in [-0.25, -0.2) is 0 Å². The van der Waals surface area contributed by atoms with Crippen LogP contribution in [0.1, 0.15) is 5.56 Å². The Bertz CT molecular complexity index is 1130. The standard InChI is InChI=1S/C21H18Cl2N4.CH5N/c22-13-1-4-15(5-2-13)26-19-8-6-16-18-11-14(23)3-7-20(18)27-21(16)17(19)9-10-25-12-24;1-2/h1-8,11-12,26-27H,9-10H2,(H2,24,25);2H2,1H3. The zero-order valence-corrected chi connectivity index (χ0v) is 17.6. The van der Waals surface area contributed by atoms with Crippen LogP contribution in [0, 0.1) is 0 Å². The number of nitrogens with two attached hydrogens (primary N) is 2. The fourth-order valence-corrected chi connectivity index (χ4v) is 3.61. The molecule has 29 heavy (non-hydrogen) atoms. The molecule has 5 nitrogen and oxygen atoms in total. The van der Waals surface area contributed by atoms with Gasteiger partial charge in [-0.3, -0.25) is 4.99 Å². The number of halogens is 2. The van der Waals surface area contributed by atoms with Gasteiger partial charge in [-0.15, -0.1) is 0 Å². The molecule has 0 spiro atoms. The van der Waals surface area contributed by atoms with Crippen molar-refractivity contribution in [3.63, 3.8) is 0 Å². The summed E-state index contributed by atoms with van der Waals surface area (Å²) in [5.74, 6) is 0. The van der Waals surface area contributed by atoms with Crippen LogP contribution in [0.25, 0.3) is 21.8 Å². The lowest BCUT2D eigenvalue weighted by molar-refractivity contribution is 0.979. The molecule has 4 rings (SSSR count). The van der Waals surface area contributed by atoms with Gasteiger partial charge in [-0.05, 0) is 62.0 Å². The van der Waals surface area contributed by atoms with Gasteiger partial charge in [0.15, 0.2) is 0 Å². The van der Waals surface area contributed by atoms with Gasteiger partial charge in [-0.1, -0.05) is 29.3 Å². The van der Waals surface area contributed by atoms with Crippen LogP contribution < -0.4 is 16.8 Å². The lowest BCUT2D eigenvalue weighted by Gasteiger charge is -2.13. The minimum Gasteiger partial charge on any atom is -0.390 e. The van der Waals surface area contributed by atoms with Crippen molar-refractivity contribution in [1.82, 2.24) is 4.98 Å². The predicted molar refractivity (Wildman–Crippen MR) is 127 cm³/mol. The molecule has 0 unspecified atom stereocenters. The number of fused-ring (bicyclic) bond motifs is 3. The molecule has 150 valence electrons. The Morgan fingerprint density at radius 3 is 2.41 bits per heavy atom. The van der Waals surface area contributed by atoms with E-state index in [0.29, 0.717) is 11.6 Å². The van der Waals surface area contributed by atoms with Gasteiger partial charge in [0.2, 0.25) is 0 Å². The van der Waals surface area contributed by atoms with E-state index < -0.39 is 0 Å². The van der Waals surface area contributed by atoms with Crippen molar-refractivity contribution in [2.24, 2.45) is 16.5 Å². The minimum absolute atomic E-state index is 0.612. The molecular weight excluding hydrogens is 405 g/mol. The summed E-state index contributed by atoms with van der Waals surface area (Å²) in [5.41, 5.74) is 15.2. The first kappa shape index (κ1) is 21.0. The number of anilines is 2. The smallest absolute Gasteiger partial charge is 0.0797 e. The van der Waals surface area contributed by atoms with Crippen LogP contribution in [0.5, 0.6) is 0 Å². The zero-order chi connectivity index (χ0) is 20.8. The molecular formula is C22H23Cl2N5. The highest BCUT2D eigenvalue weighted by Crippen LogP contribution is 2.34. The summed E-state index contributed by atoms with van der Waals surface area (Å²) in [6.45, 7) is 0.612. The van der Waals surface area contributed by atoms with Gasteiger partial charge in [0.05, 0.1) is 11.9 Å². The van der Waals surface area contributed by atoms with Gasteiger partial charge in [0.1, 0.15) is 0 Å². The van der Waals surface area contributed by atoms with Crippen molar-refractivity contribution >= 4 is 62.7 Å². The van der Waals surface area contributed by atoms with Crippen LogP contribution in [0.3, 0.4) is 0 Å². The monoisotopic (exact) mass is 427 g/mol. The van der Waals surface area contributed by atoms with E-state index in [1.807, 2.05) is 42.5 Å². The van der Waals surface area contributed by atoms with Gasteiger partial charge in [-0.2, -0.15) is 0 Å². The molecule has 1 heterocycles. The van der Waals surface area contributed by atoms with Gasteiger partial charge < -0.3 is 21.8 Å². The number of aromatic amines is 1.